The highest BCUT2D eigenvalue weighted by molar-refractivity contribution is 9.10. The minimum absolute atomic E-state index is 0.0890. The molecule has 0 aliphatic heterocycles. The molecule has 7 heteroatoms. The van der Waals surface area contributed by atoms with E-state index in [4.69, 9.17) is 10.8 Å². The second-order valence-corrected chi connectivity index (χ2v) is 7.15. The summed E-state index contributed by atoms with van der Waals surface area (Å²) >= 11 is 3.24. The Hall–Kier alpha value is -1.57. The Kier molecular flexibility index (Phi) is 4.55. The minimum Gasteiger partial charge on any atom is -0.398 e. The van der Waals surface area contributed by atoms with Gasteiger partial charge in [-0.1, -0.05) is 28.1 Å². The van der Waals surface area contributed by atoms with Crippen LogP contribution in [-0.4, -0.2) is 13.5 Å². The van der Waals surface area contributed by atoms with Crippen molar-refractivity contribution in [3.05, 3.63) is 52.0 Å². The van der Waals surface area contributed by atoms with Crippen molar-refractivity contribution in [2.24, 2.45) is 0 Å². The largest absolute Gasteiger partial charge is 0.398 e. The highest BCUT2D eigenvalue weighted by Crippen LogP contribution is 2.27. The Morgan fingerprint density at radius 1 is 1.24 bits per heavy atom. The molecule has 2 rings (SSSR count). The summed E-state index contributed by atoms with van der Waals surface area (Å²) in [5.74, 6) is 0. The first-order valence-corrected chi connectivity index (χ1v) is 8.39. The number of halogens is 1. The van der Waals surface area contributed by atoms with Crippen LogP contribution in [0.4, 0.5) is 11.4 Å². The van der Waals surface area contributed by atoms with E-state index in [1.807, 2.05) is 0 Å². The first kappa shape index (κ1) is 15.8. The van der Waals surface area contributed by atoms with Crippen molar-refractivity contribution in [2.45, 2.75) is 18.4 Å². The number of aliphatic hydroxyl groups is 1. The van der Waals surface area contributed by atoms with Gasteiger partial charge in [-0.2, -0.15) is 0 Å². The van der Waals surface area contributed by atoms with Gasteiger partial charge in [0, 0.05) is 15.8 Å². The van der Waals surface area contributed by atoms with Crippen molar-refractivity contribution in [3.8, 4) is 0 Å². The van der Waals surface area contributed by atoms with Gasteiger partial charge in [0.15, 0.2) is 0 Å². The first-order valence-electron chi connectivity index (χ1n) is 6.12. The number of benzene rings is 2. The molecule has 0 saturated carbocycles. The lowest BCUT2D eigenvalue weighted by Gasteiger charge is -2.12. The second kappa shape index (κ2) is 6.05. The average molecular weight is 371 g/mol. The van der Waals surface area contributed by atoms with Gasteiger partial charge in [0.05, 0.1) is 11.5 Å². The predicted molar refractivity (Wildman–Crippen MR) is 86.5 cm³/mol. The molecule has 0 heterocycles. The molecule has 0 radical (unpaired) electrons. The fourth-order valence-corrected chi connectivity index (χ4v) is 3.83. The summed E-state index contributed by atoms with van der Waals surface area (Å²) in [6.07, 6.45) is 0. The molecule has 21 heavy (non-hydrogen) atoms. The van der Waals surface area contributed by atoms with Crippen LogP contribution < -0.4 is 10.5 Å². The molecule has 0 aliphatic carbocycles. The van der Waals surface area contributed by atoms with Crippen molar-refractivity contribution < 1.29 is 13.5 Å². The zero-order valence-electron chi connectivity index (χ0n) is 11.3. The maximum Gasteiger partial charge on any atom is 0.262 e. The molecule has 0 aliphatic rings. The van der Waals surface area contributed by atoms with Gasteiger partial charge in [0.1, 0.15) is 0 Å². The summed E-state index contributed by atoms with van der Waals surface area (Å²) in [6.45, 7) is 1.57. The van der Waals surface area contributed by atoms with Crippen LogP contribution in [0.1, 0.15) is 11.1 Å². The molecular weight excluding hydrogens is 356 g/mol. The summed E-state index contributed by atoms with van der Waals surface area (Å²) < 4.78 is 28.0. The van der Waals surface area contributed by atoms with E-state index < -0.39 is 10.0 Å². The topological polar surface area (TPSA) is 92.4 Å². The Morgan fingerprint density at radius 3 is 2.43 bits per heavy atom. The predicted octanol–water partition coefficient (Wildman–Crippen LogP) is 2.63. The summed E-state index contributed by atoms with van der Waals surface area (Å²) in [5, 5.41) is 8.98. The molecule has 5 nitrogen and oxygen atoms in total. The van der Waals surface area contributed by atoms with E-state index in [0.717, 1.165) is 0 Å². The van der Waals surface area contributed by atoms with Crippen molar-refractivity contribution in [2.75, 3.05) is 10.5 Å². The van der Waals surface area contributed by atoms with Crippen LogP contribution in [0.5, 0.6) is 0 Å². The van der Waals surface area contributed by atoms with Crippen LogP contribution in [0.15, 0.2) is 45.8 Å². The van der Waals surface area contributed by atoms with Crippen molar-refractivity contribution >= 4 is 37.3 Å². The second-order valence-electron chi connectivity index (χ2n) is 4.58. The minimum atomic E-state index is -3.73. The van der Waals surface area contributed by atoms with E-state index >= 15 is 0 Å². The first-order chi connectivity index (χ1) is 9.83. The van der Waals surface area contributed by atoms with Crippen LogP contribution in [-0.2, 0) is 16.6 Å². The number of anilines is 2. The number of aliphatic hydroxyl groups excluding tert-OH is 1. The molecule has 2 aromatic carbocycles. The van der Waals surface area contributed by atoms with E-state index in [0.29, 0.717) is 27.0 Å². The lowest BCUT2D eigenvalue weighted by Crippen LogP contribution is -2.15. The average Bonchev–Trinajstić information content (AvgIpc) is 2.43. The molecule has 0 fully saturated rings. The third-order valence-corrected chi connectivity index (χ3v) is 5.01. The fraction of sp³-hybridized carbons (Fsp3) is 0.143. The smallest absolute Gasteiger partial charge is 0.262 e. The normalized spacial score (nSPS) is 11.4. The Bertz CT molecular complexity index is 759. The molecule has 2 aromatic rings. The zero-order chi connectivity index (χ0) is 15.6. The molecular formula is C14H15BrN2O3S. The number of rotatable bonds is 4. The van der Waals surface area contributed by atoms with E-state index in [-0.39, 0.29) is 11.5 Å². The van der Waals surface area contributed by atoms with Gasteiger partial charge in [-0.05, 0) is 42.3 Å². The Labute approximate surface area is 132 Å². The molecule has 0 aromatic heterocycles. The van der Waals surface area contributed by atoms with Gasteiger partial charge in [0.2, 0.25) is 0 Å². The monoisotopic (exact) mass is 370 g/mol. The molecule has 4 N–H and O–H groups in total. The number of hydrogen-bond acceptors (Lipinski definition) is 4. The fourth-order valence-electron chi connectivity index (χ4n) is 1.84. The third-order valence-electron chi connectivity index (χ3n) is 3.04. The summed E-state index contributed by atoms with van der Waals surface area (Å²) in [7, 11) is -3.73. The number of hydrogen-bond donors (Lipinski definition) is 3. The highest BCUT2D eigenvalue weighted by atomic mass is 79.9. The van der Waals surface area contributed by atoms with Crippen molar-refractivity contribution in [3.63, 3.8) is 0 Å². The zero-order valence-corrected chi connectivity index (χ0v) is 13.7. The number of nitrogens with one attached hydrogen (secondary N) is 1. The van der Waals surface area contributed by atoms with Gasteiger partial charge in [-0.15, -0.1) is 0 Å². The molecule has 0 spiro atoms. The molecule has 0 saturated heterocycles. The van der Waals surface area contributed by atoms with E-state index in [2.05, 4.69) is 20.7 Å². The molecule has 112 valence electrons. The SMILES string of the molecule is Cc1c(N)cc(Br)cc1S(=O)(=O)Nc1ccc(CO)cc1. The van der Waals surface area contributed by atoms with Crippen LogP contribution >= 0.6 is 15.9 Å². The summed E-state index contributed by atoms with van der Waals surface area (Å²) in [5.41, 5.74) is 7.83. The van der Waals surface area contributed by atoms with Crippen LogP contribution in [0.2, 0.25) is 0 Å². The van der Waals surface area contributed by atoms with Gasteiger partial charge in [0.25, 0.3) is 10.0 Å². The molecule has 0 bridgehead atoms. The molecule has 0 amide bonds. The lowest BCUT2D eigenvalue weighted by atomic mass is 10.2. The summed E-state index contributed by atoms with van der Waals surface area (Å²) in [6, 6.07) is 9.67. The summed E-state index contributed by atoms with van der Waals surface area (Å²) in [4.78, 5) is 0.126. The van der Waals surface area contributed by atoms with Gasteiger partial charge >= 0.3 is 0 Å². The van der Waals surface area contributed by atoms with Gasteiger partial charge < -0.3 is 10.8 Å². The van der Waals surface area contributed by atoms with Crippen molar-refractivity contribution in [1.82, 2.24) is 0 Å². The number of nitrogen functional groups attached to an aromatic ring is 1. The molecule has 0 atom stereocenters. The van der Waals surface area contributed by atoms with Crippen LogP contribution in [0.25, 0.3) is 0 Å². The van der Waals surface area contributed by atoms with E-state index in [1.165, 1.54) is 6.07 Å². The van der Waals surface area contributed by atoms with Crippen LogP contribution in [0.3, 0.4) is 0 Å². The van der Waals surface area contributed by atoms with E-state index in [1.54, 1.807) is 37.3 Å². The van der Waals surface area contributed by atoms with Gasteiger partial charge in [-0.25, -0.2) is 8.42 Å². The Morgan fingerprint density at radius 2 is 1.86 bits per heavy atom. The van der Waals surface area contributed by atoms with Gasteiger partial charge in [-0.3, -0.25) is 4.72 Å². The standard InChI is InChI=1S/C14H15BrN2O3S/c1-9-13(16)6-11(15)7-14(9)21(19,20)17-12-4-2-10(8-18)3-5-12/h2-7,17-18H,8,16H2,1H3. The number of nitrogens with two attached hydrogens (primary N) is 1. The quantitative estimate of drug-likeness (QED) is 0.721. The highest BCUT2D eigenvalue weighted by Gasteiger charge is 2.19. The lowest BCUT2D eigenvalue weighted by molar-refractivity contribution is 0.282. The van der Waals surface area contributed by atoms with E-state index in [9.17, 15) is 8.42 Å². The molecule has 0 unspecified atom stereocenters. The third kappa shape index (κ3) is 3.55. The Balaban J connectivity index is 2.38. The maximum atomic E-state index is 12.4. The maximum absolute atomic E-state index is 12.4. The van der Waals surface area contributed by atoms with Crippen molar-refractivity contribution in [1.29, 1.82) is 0 Å². The number of sulfonamides is 1. The van der Waals surface area contributed by atoms with Crippen LogP contribution in [0, 0.1) is 6.92 Å².